The number of benzene rings is 1. The molecule has 0 bridgehead atoms. The summed E-state index contributed by atoms with van der Waals surface area (Å²) in [7, 11) is 1.70. The van der Waals surface area contributed by atoms with Gasteiger partial charge in [0.2, 0.25) is 0 Å². The lowest BCUT2D eigenvalue weighted by molar-refractivity contribution is 0.383. The van der Waals surface area contributed by atoms with Crippen molar-refractivity contribution in [2.45, 2.75) is 45.6 Å². The molecule has 1 rings (SSSR count). The van der Waals surface area contributed by atoms with Crippen molar-refractivity contribution in [3.63, 3.8) is 0 Å². The number of nitrogens with one attached hydrogen (secondary N) is 1. The SMILES string of the molecule is CCCC(C)CC(Cc1cccc(OC)c1)NN. The van der Waals surface area contributed by atoms with Gasteiger partial charge in [0, 0.05) is 6.04 Å². The first-order valence-corrected chi connectivity index (χ1v) is 6.78. The highest BCUT2D eigenvalue weighted by Gasteiger charge is 2.12. The number of rotatable bonds is 8. The Labute approximate surface area is 111 Å². The number of hydrogen-bond donors (Lipinski definition) is 2. The lowest BCUT2D eigenvalue weighted by Crippen LogP contribution is -2.38. The summed E-state index contributed by atoms with van der Waals surface area (Å²) in [4.78, 5) is 0. The van der Waals surface area contributed by atoms with Crippen LogP contribution in [-0.2, 0) is 6.42 Å². The summed E-state index contributed by atoms with van der Waals surface area (Å²) >= 11 is 0. The van der Waals surface area contributed by atoms with Crippen LogP contribution in [0.25, 0.3) is 0 Å². The Balaban J connectivity index is 2.56. The maximum atomic E-state index is 5.65. The summed E-state index contributed by atoms with van der Waals surface area (Å²) in [6, 6.07) is 8.52. The zero-order valence-corrected chi connectivity index (χ0v) is 11.8. The maximum absolute atomic E-state index is 5.65. The Bertz CT molecular complexity index is 341. The fraction of sp³-hybridized carbons (Fsp3) is 0.600. The molecule has 2 unspecified atom stereocenters. The predicted molar refractivity (Wildman–Crippen MR) is 76.5 cm³/mol. The van der Waals surface area contributed by atoms with Crippen molar-refractivity contribution < 1.29 is 4.74 Å². The van der Waals surface area contributed by atoms with Crippen molar-refractivity contribution in [2.24, 2.45) is 11.8 Å². The van der Waals surface area contributed by atoms with Crippen molar-refractivity contribution in [3.05, 3.63) is 29.8 Å². The van der Waals surface area contributed by atoms with Crippen LogP contribution in [0.1, 0.15) is 38.7 Å². The van der Waals surface area contributed by atoms with Gasteiger partial charge < -0.3 is 4.74 Å². The molecule has 0 fully saturated rings. The van der Waals surface area contributed by atoms with Gasteiger partial charge in [-0.1, -0.05) is 38.8 Å². The van der Waals surface area contributed by atoms with Gasteiger partial charge in [0.1, 0.15) is 5.75 Å². The lowest BCUT2D eigenvalue weighted by Gasteiger charge is -2.20. The van der Waals surface area contributed by atoms with E-state index in [1.165, 1.54) is 18.4 Å². The summed E-state index contributed by atoms with van der Waals surface area (Å²) < 4.78 is 5.24. The van der Waals surface area contributed by atoms with Crippen LogP contribution in [0.3, 0.4) is 0 Å². The van der Waals surface area contributed by atoms with E-state index < -0.39 is 0 Å². The first kappa shape index (κ1) is 15.0. The minimum absolute atomic E-state index is 0.332. The number of methoxy groups -OCH3 is 1. The summed E-state index contributed by atoms with van der Waals surface area (Å²) in [5, 5.41) is 0. The van der Waals surface area contributed by atoms with Crippen LogP contribution in [0.2, 0.25) is 0 Å². The molecule has 1 aromatic rings. The first-order chi connectivity index (χ1) is 8.69. The summed E-state index contributed by atoms with van der Waals surface area (Å²) in [5.74, 6) is 7.27. The molecule has 0 aromatic heterocycles. The van der Waals surface area contributed by atoms with Gasteiger partial charge in [0.05, 0.1) is 7.11 Å². The average molecular weight is 250 g/mol. The number of hydrazine groups is 1. The van der Waals surface area contributed by atoms with Crippen LogP contribution in [0.4, 0.5) is 0 Å². The zero-order valence-electron chi connectivity index (χ0n) is 11.8. The van der Waals surface area contributed by atoms with E-state index in [1.807, 2.05) is 12.1 Å². The monoisotopic (exact) mass is 250 g/mol. The van der Waals surface area contributed by atoms with E-state index in [2.05, 4.69) is 31.4 Å². The molecule has 2 atom stereocenters. The third kappa shape index (κ3) is 5.07. The molecule has 0 amide bonds. The van der Waals surface area contributed by atoms with Gasteiger partial charge in [-0.2, -0.15) is 0 Å². The van der Waals surface area contributed by atoms with Crippen LogP contribution in [0, 0.1) is 5.92 Å². The van der Waals surface area contributed by atoms with Crippen molar-refractivity contribution >= 4 is 0 Å². The molecule has 3 N–H and O–H groups in total. The van der Waals surface area contributed by atoms with Crippen molar-refractivity contribution in [1.29, 1.82) is 0 Å². The molecule has 0 spiro atoms. The van der Waals surface area contributed by atoms with Crippen LogP contribution in [-0.4, -0.2) is 13.2 Å². The van der Waals surface area contributed by atoms with E-state index in [-0.39, 0.29) is 0 Å². The van der Waals surface area contributed by atoms with E-state index in [0.717, 1.165) is 18.6 Å². The van der Waals surface area contributed by atoms with E-state index in [4.69, 9.17) is 10.6 Å². The molecule has 0 aliphatic heterocycles. The summed E-state index contributed by atoms with van der Waals surface area (Å²) in [5.41, 5.74) is 4.20. The molecule has 18 heavy (non-hydrogen) atoms. The van der Waals surface area contributed by atoms with Crippen LogP contribution in [0.5, 0.6) is 5.75 Å². The van der Waals surface area contributed by atoms with E-state index in [9.17, 15) is 0 Å². The maximum Gasteiger partial charge on any atom is 0.119 e. The minimum atomic E-state index is 0.332. The molecule has 0 radical (unpaired) electrons. The second kappa shape index (κ2) is 8.11. The second-order valence-corrected chi connectivity index (χ2v) is 5.05. The van der Waals surface area contributed by atoms with Gasteiger partial charge >= 0.3 is 0 Å². The molecular weight excluding hydrogens is 224 g/mol. The van der Waals surface area contributed by atoms with Crippen molar-refractivity contribution in [2.75, 3.05) is 7.11 Å². The van der Waals surface area contributed by atoms with Gasteiger partial charge in [-0.3, -0.25) is 11.3 Å². The Morgan fingerprint density at radius 2 is 2.17 bits per heavy atom. The average Bonchev–Trinajstić information content (AvgIpc) is 2.38. The highest BCUT2D eigenvalue weighted by molar-refractivity contribution is 5.28. The molecule has 0 saturated heterocycles. The fourth-order valence-corrected chi connectivity index (χ4v) is 2.39. The molecule has 0 saturated carbocycles. The normalized spacial score (nSPS) is 14.2. The van der Waals surface area contributed by atoms with E-state index in [1.54, 1.807) is 7.11 Å². The molecule has 102 valence electrons. The summed E-state index contributed by atoms with van der Waals surface area (Å²) in [6.45, 7) is 4.52. The van der Waals surface area contributed by atoms with Gasteiger partial charge in [-0.05, 0) is 36.5 Å². The van der Waals surface area contributed by atoms with Crippen molar-refractivity contribution in [1.82, 2.24) is 5.43 Å². The van der Waals surface area contributed by atoms with E-state index in [0.29, 0.717) is 12.0 Å². The Hall–Kier alpha value is -1.06. The van der Waals surface area contributed by atoms with Gasteiger partial charge in [0.25, 0.3) is 0 Å². The third-order valence-corrected chi connectivity index (χ3v) is 3.32. The van der Waals surface area contributed by atoms with Crippen LogP contribution in [0.15, 0.2) is 24.3 Å². The van der Waals surface area contributed by atoms with Crippen molar-refractivity contribution in [3.8, 4) is 5.75 Å². The standard InChI is InChI=1S/C15H26N2O/c1-4-6-12(2)9-14(17-16)10-13-7-5-8-15(11-13)18-3/h5,7-8,11-12,14,17H,4,6,9-10,16H2,1-3H3. The Kier molecular flexibility index (Phi) is 6.76. The third-order valence-electron chi connectivity index (χ3n) is 3.32. The van der Waals surface area contributed by atoms with Gasteiger partial charge in [-0.25, -0.2) is 0 Å². The van der Waals surface area contributed by atoms with E-state index >= 15 is 0 Å². The Morgan fingerprint density at radius 1 is 1.39 bits per heavy atom. The second-order valence-electron chi connectivity index (χ2n) is 5.05. The molecular formula is C15H26N2O. The zero-order chi connectivity index (χ0) is 13.4. The van der Waals surface area contributed by atoms with Crippen LogP contribution < -0.4 is 16.0 Å². The minimum Gasteiger partial charge on any atom is -0.497 e. The molecule has 3 heteroatoms. The lowest BCUT2D eigenvalue weighted by atomic mass is 9.93. The number of nitrogens with two attached hydrogens (primary N) is 1. The molecule has 0 aliphatic rings. The van der Waals surface area contributed by atoms with Gasteiger partial charge in [0.15, 0.2) is 0 Å². The molecule has 0 aliphatic carbocycles. The fourth-order valence-electron chi connectivity index (χ4n) is 2.39. The topological polar surface area (TPSA) is 47.3 Å². The van der Waals surface area contributed by atoms with Gasteiger partial charge in [-0.15, -0.1) is 0 Å². The molecule has 1 aromatic carbocycles. The highest BCUT2D eigenvalue weighted by atomic mass is 16.5. The first-order valence-electron chi connectivity index (χ1n) is 6.78. The Morgan fingerprint density at radius 3 is 2.78 bits per heavy atom. The summed E-state index contributed by atoms with van der Waals surface area (Å²) in [6.07, 6.45) is 4.55. The molecule has 3 nitrogen and oxygen atoms in total. The highest BCUT2D eigenvalue weighted by Crippen LogP contribution is 2.18. The quantitative estimate of drug-likeness (QED) is 0.551. The number of ether oxygens (including phenoxy) is 1. The molecule has 0 heterocycles. The number of hydrogen-bond acceptors (Lipinski definition) is 3. The predicted octanol–water partition coefficient (Wildman–Crippen LogP) is 2.90. The smallest absolute Gasteiger partial charge is 0.119 e. The largest absolute Gasteiger partial charge is 0.497 e. The van der Waals surface area contributed by atoms with Crippen LogP contribution >= 0.6 is 0 Å².